The molecule has 1 atom stereocenters. The van der Waals surface area contributed by atoms with Crippen molar-refractivity contribution in [2.45, 2.75) is 50.3 Å². The highest BCUT2D eigenvalue weighted by Crippen LogP contribution is 2.33. The minimum Gasteiger partial charge on any atom is -0.435 e. The molecule has 3 rings (SSSR count). The van der Waals surface area contributed by atoms with Crippen molar-refractivity contribution in [1.82, 2.24) is 9.55 Å². The standard InChI is InChI=1S/C22H23F2N3O3S2/c1-11-9-17(13(3)27(11)15-5-7-16(8-6-15)30-21(23)24)20(29)14(4)31-22-26-12(2)18(32-22)10-19(25)28/h5-9,14,21H,10H2,1-4H3,(H2,25,28). The zero-order valence-electron chi connectivity index (χ0n) is 18.0. The Morgan fingerprint density at radius 3 is 2.47 bits per heavy atom. The number of benzene rings is 1. The number of Topliss-reactive ketones (excluding diaryl/α,β-unsaturated/α-hetero) is 1. The number of rotatable bonds is 9. The number of carbonyl (C=O) groups excluding carboxylic acids is 2. The molecule has 0 aliphatic rings. The molecule has 0 spiro atoms. The number of carbonyl (C=O) groups is 2. The molecule has 2 N–H and O–H groups in total. The van der Waals surface area contributed by atoms with Gasteiger partial charge in [0.05, 0.1) is 17.4 Å². The Morgan fingerprint density at radius 2 is 1.88 bits per heavy atom. The van der Waals surface area contributed by atoms with E-state index in [1.807, 2.05) is 38.3 Å². The topological polar surface area (TPSA) is 87.2 Å². The predicted molar refractivity (Wildman–Crippen MR) is 121 cm³/mol. The minimum atomic E-state index is -2.88. The molecule has 0 fully saturated rings. The highest BCUT2D eigenvalue weighted by molar-refractivity contribution is 8.02. The number of aryl methyl sites for hydroxylation is 2. The zero-order valence-corrected chi connectivity index (χ0v) is 19.7. The maximum Gasteiger partial charge on any atom is 0.387 e. The van der Waals surface area contributed by atoms with E-state index in [1.165, 1.54) is 35.2 Å². The number of aromatic nitrogens is 2. The lowest BCUT2D eigenvalue weighted by Crippen LogP contribution is -2.14. The van der Waals surface area contributed by atoms with Gasteiger partial charge in [0.1, 0.15) is 5.75 Å². The summed E-state index contributed by atoms with van der Waals surface area (Å²) in [6.07, 6.45) is 0.134. The fourth-order valence-electron chi connectivity index (χ4n) is 3.38. The maximum absolute atomic E-state index is 13.2. The van der Waals surface area contributed by atoms with Crippen LogP contribution in [0.3, 0.4) is 0 Å². The number of thiazole rings is 1. The van der Waals surface area contributed by atoms with Crippen LogP contribution < -0.4 is 10.5 Å². The summed E-state index contributed by atoms with van der Waals surface area (Å²) in [5.41, 5.74) is 8.95. The lowest BCUT2D eigenvalue weighted by molar-refractivity contribution is -0.117. The molecule has 0 bridgehead atoms. The van der Waals surface area contributed by atoms with Crippen LogP contribution in [0.25, 0.3) is 5.69 Å². The molecular weight excluding hydrogens is 456 g/mol. The number of thioether (sulfide) groups is 1. The number of amides is 1. The molecule has 10 heteroatoms. The first kappa shape index (κ1) is 23.9. The molecule has 1 amide bonds. The molecule has 0 radical (unpaired) electrons. The number of nitrogens with two attached hydrogens (primary N) is 1. The van der Waals surface area contributed by atoms with E-state index in [1.54, 1.807) is 12.1 Å². The van der Waals surface area contributed by atoms with Crippen molar-refractivity contribution in [2.24, 2.45) is 5.73 Å². The van der Waals surface area contributed by atoms with Crippen LogP contribution in [0, 0.1) is 20.8 Å². The van der Waals surface area contributed by atoms with Gasteiger partial charge < -0.3 is 15.0 Å². The lowest BCUT2D eigenvalue weighted by Gasteiger charge is -2.12. The van der Waals surface area contributed by atoms with Gasteiger partial charge in [-0.05, 0) is 58.0 Å². The Kier molecular flexibility index (Phi) is 7.35. The Bertz CT molecular complexity index is 1140. The normalized spacial score (nSPS) is 12.2. The van der Waals surface area contributed by atoms with Crippen LogP contribution in [0.15, 0.2) is 34.7 Å². The molecule has 0 aliphatic heterocycles. The summed E-state index contributed by atoms with van der Waals surface area (Å²) in [6, 6.07) is 8.10. The Morgan fingerprint density at radius 1 is 1.22 bits per heavy atom. The molecule has 170 valence electrons. The number of hydrogen-bond donors (Lipinski definition) is 1. The van der Waals surface area contributed by atoms with E-state index in [4.69, 9.17) is 5.73 Å². The molecule has 3 aromatic rings. The SMILES string of the molecule is Cc1nc(SC(C)C(=O)c2cc(C)n(-c3ccc(OC(F)F)cc3)c2C)sc1CC(N)=O. The fraction of sp³-hybridized carbons (Fsp3) is 0.318. The van der Waals surface area contributed by atoms with Crippen LogP contribution in [-0.4, -0.2) is 33.1 Å². The van der Waals surface area contributed by atoms with Crippen molar-refractivity contribution < 1.29 is 23.1 Å². The number of ether oxygens (including phenoxy) is 1. The predicted octanol–water partition coefficient (Wildman–Crippen LogP) is 4.85. The highest BCUT2D eigenvalue weighted by atomic mass is 32.2. The van der Waals surface area contributed by atoms with Crippen molar-refractivity contribution in [1.29, 1.82) is 0 Å². The van der Waals surface area contributed by atoms with Crippen LogP contribution in [0.2, 0.25) is 0 Å². The van der Waals surface area contributed by atoms with Crippen molar-refractivity contribution >= 4 is 34.8 Å². The van der Waals surface area contributed by atoms with Crippen LogP contribution in [0.1, 0.15) is 39.2 Å². The number of nitrogens with zero attached hydrogens (tertiary/aromatic N) is 2. The van der Waals surface area contributed by atoms with Crippen LogP contribution in [0.4, 0.5) is 8.78 Å². The number of primary amides is 1. The summed E-state index contributed by atoms with van der Waals surface area (Å²) < 4.78 is 31.8. The van der Waals surface area contributed by atoms with Crippen molar-refractivity contribution in [3.8, 4) is 11.4 Å². The van der Waals surface area contributed by atoms with Crippen LogP contribution in [-0.2, 0) is 11.2 Å². The quantitative estimate of drug-likeness (QED) is 0.350. The first-order valence-corrected chi connectivity index (χ1v) is 11.5. The Hall–Kier alpha value is -2.72. The third kappa shape index (κ3) is 5.36. The first-order valence-electron chi connectivity index (χ1n) is 9.76. The average Bonchev–Trinajstić information content (AvgIpc) is 3.19. The summed E-state index contributed by atoms with van der Waals surface area (Å²) in [5, 5.41) is -0.391. The second-order valence-electron chi connectivity index (χ2n) is 7.25. The number of ketones is 1. The first-order chi connectivity index (χ1) is 15.1. The van der Waals surface area contributed by atoms with Gasteiger partial charge in [-0.25, -0.2) is 4.98 Å². The zero-order chi connectivity index (χ0) is 23.6. The highest BCUT2D eigenvalue weighted by Gasteiger charge is 2.24. The van der Waals surface area contributed by atoms with Crippen LogP contribution >= 0.6 is 23.1 Å². The summed E-state index contributed by atoms with van der Waals surface area (Å²) in [7, 11) is 0. The van der Waals surface area contributed by atoms with Gasteiger partial charge in [0.15, 0.2) is 10.1 Å². The van der Waals surface area contributed by atoms with Gasteiger partial charge in [-0.2, -0.15) is 8.78 Å². The lowest BCUT2D eigenvalue weighted by atomic mass is 10.1. The summed E-state index contributed by atoms with van der Waals surface area (Å²) in [4.78, 5) is 29.6. The Labute approximate surface area is 192 Å². The minimum absolute atomic E-state index is 0.0451. The van der Waals surface area contributed by atoms with Crippen molar-refractivity contribution in [3.05, 3.63) is 57.9 Å². The monoisotopic (exact) mass is 479 g/mol. The molecule has 0 saturated heterocycles. The second-order valence-corrected chi connectivity index (χ2v) is 9.92. The molecule has 0 aliphatic carbocycles. The van der Waals surface area contributed by atoms with Crippen molar-refractivity contribution in [3.63, 3.8) is 0 Å². The maximum atomic E-state index is 13.2. The summed E-state index contributed by atoms with van der Waals surface area (Å²) in [6.45, 7) is 4.48. The smallest absolute Gasteiger partial charge is 0.387 e. The van der Waals surface area contributed by atoms with Gasteiger partial charge in [-0.15, -0.1) is 11.3 Å². The van der Waals surface area contributed by atoms with Crippen molar-refractivity contribution in [2.75, 3.05) is 0 Å². The largest absolute Gasteiger partial charge is 0.435 e. The van der Waals surface area contributed by atoms with Gasteiger partial charge in [-0.1, -0.05) is 11.8 Å². The van der Waals surface area contributed by atoms with Crippen LogP contribution in [0.5, 0.6) is 5.75 Å². The van der Waals surface area contributed by atoms with Gasteiger partial charge in [0.25, 0.3) is 0 Å². The molecule has 32 heavy (non-hydrogen) atoms. The third-order valence-corrected chi connectivity index (χ3v) is 7.22. The summed E-state index contributed by atoms with van der Waals surface area (Å²) in [5.74, 6) is -0.392. The van der Waals surface area contributed by atoms with E-state index < -0.39 is 17.8 Å². The van der Waals surface area contributed by atoms with Gasteiger partial charge in [-0.3, -0.25) is 9.59 Å². The van der Waals surface area contributed by atoms with E-state index in [-0.39, 0.29) is 18.0 Å². The molecule has 1 unspecified atom stereocenters. The summed E-state index contributed by atoms with van der Waals surface area (Å²) >= 11 is 2.72. The number of hydrogen-bond acceptors (Lipinski definition) is 6. The second kappa shape index (κ2) is 9.83. The molecule has 6 nitrogen and oxygen atoms in total. The van der Waals surface area contributed by atoms with E-state index in [9.17, 15) is 18.4 Å². The van der Waals surface area contributed by atoms with E-state index in [2.05, 4.69) is 9.72 Å². The van der Waals surface area contributed by atoms with Gasteiger partial charge in [0.2, 0.25) is 5.91 Å². The molecule has 2 aromatic heterocycles. The molecule has 0 saturated carbocycles. The molecule has 1 aromatic carbocycles. The van der Waals surface area contributed by atoms with E-state index in [0.717, 1.165) is 27.6 Å². The van der Waals surface area contributed by atoms with E-state index in [0.29, 0.717) is 9.90 Å². The average molecular weight is 480 g/mol. The van der Waals surface area contributed by atoms with Gasteiger partial charge in [0, 0.05) is 27.5 Å². The van der Waals surface area contributed by atoms with Gasteiger partial charge >= 0.3 is 6.61 Å². The fourth-order valence-corrected chi connectivity index (χ4v) is 5.84. The Balaban J connectivity index is 1.80. The molecular formula is C22H23F2N3O3S2. The van der Waals surface area contributed by atoms with E-state index >= 15 is 0 Å². The number of halogens is 2. The third-order valence-electron chi connectivity index (χ3n) is 4.87. The number of alkyl halides is 2. The molecule has 2 heterocycles.